The van der Waals surface area contributed by atoms with Gasteiger partial charge in [0, 0.05) is 0 Å². The van der Waals surface area contributed by atoms with Crippen molar-refractivity contribution in [2.45, 2.75) is 37.5 Å². The first-order chi connectivity index (χ1) is 5.91. The molecular formula is C12H14. The van der Waals surface area contributed by atoms with E-state index < -0.39 is 0 Å². The third-order valence-electron chi connectivity index (χ3n) is 3.54. The Morgan fingerprint density at radius 1 is 1.00 bits per heavy atom. The lowest BCUT2D eigenvalue weighted by molar-refractivity contribution is 0.542. The largest absolute Gasteiger partial charge is 0.0620 e. The van der Waals surface area contributed by atoms with E-state index in [4.69, 9.17) is 0 Å². The Balaban J connectivity index is 2.16. The van der Waals surface area contributed by atoms with Gasteiger partial charge in [0.05, 0.1) is 0 Å². The van der Waals surface area contributed by atoms with Crippen LogP contribution in [0.15, 0.2) is 24.3 Å². The van der Waals surface area contributed by atoms with E-state index in [0.29, 0.717) is 5.41 Å². The Morgan fingerprint density at radius 2 is 1.83 bits per heavy atom. The van der Waals surface area contributed by atoms with Gasteiger partial charge in [0.25, 0.3) is 0 Å². The van der Waals surface area contributed by atoms with Gasteiger partial charge in [-0.3, -0.25) is 0 Å². The highest BCUT2D eigenvalue weighted by Gasteiger charge is 2.46. The molecule has 0 atom stereocenters. The maximum absolute atomic E-state index is 2.35. The molecule has 1 spiro atoms. The van der Waals surface area contributed by atoms with Gasteiger partial charge in [-0.15, -0.1) is 0 Å². The summed E-state index contributed by atoms with van der Waals surface area (Å²) in [5.74, 6) is 0. The molecule has 0 heterocycles. The van der Waals surface area contributed by atoms with E-state index in [0.717, 1.165) is 0 Å². The number of fused-ring (bicyclic) bond motifs is 2. The molecule has 3 rings (SSSR count). The summed E-state index contributed by atoms with van der Waals surface area (Å²) in [4.78, 5) is 0. The molecule has 0 heteroatoms. The zero-order valence-electron chi connectivity index (χ0n) is 7.34. The smallest absolute Gasteiger partial charge is 0.00435 e. The van der Waals surface area contributed by atoms with Crippen LogP contribution in [0.4, 0.5) is 0 Å². The van der Waals surface area contributed by atoms with Crippen LogP contribution in [0, 0.1) is 0 Å². The van der Waals surface area contributed by atoms with Crippen molar-refractivity contribution in [2.75, 3.05) is 0 Å². The number of aryl methyl sites for hydroxylation is 1. The van der Waals surface area contributed by atoms with Crippen molar-refractivity contribution in [3.8, 4) is 0 Å². The molecule has 0 radical (unpaired) electrons. The van der Waals surface area contributed by atoms with Crippen LogP contribution in [0.3, 0.4) is 0 Å². The summed E-state index contributed by atoms with van der Waals surface area (Å²) in [6.07, 6.45) is 7.08. The van der Waals surface area contributed by atoms with Crippen molar-refractivity contribution in [1.82, 2.24) is 0 Å². The number of hydrogen-bond donors (Lipinski definition) is 0. The van der Waals surface area contributed by atoms with Crippen LogP contribution in [0.1, 0.15) is 36.8 Å². The third-order valence-corrected chi connectivity index (χ3v) is 3.54. The van der Waals surface area contributed by atoms with Gasteiger partial charge < -0.3 is 0 Å². The molecule has 2 aliphatic carbocycles. The van der Waals surface area contributed by atoms with Crippen LogP contribution in [0.5, 0.6) is 0 Å². The van der Waals surface area contributed by atoms with Crippen molar-refractivity contribution < 1.29 is 0 Å². The first-order valence-electron chi connectivity index (χ1n) is 4.99. The molecule has 0 bridgehead atoms. The van der Waals surface area contributed by atoms with Gasteiger partial charge in [0.2, 0.25) is 0 Å². The third kappa shape index (κ3) is 0.782. The van der Waals surface area contributed by atoms with Crippen LogP contribution >= 0.6 is 0 Å². The second kappa shape index (κ2) is 2.12. The molecule has 12 heavy (non-hydrogen) atoms. The quantitative estimate of drug-likeness (QED) is 0.544. The molecule has 0 nitrogen and oxygen atoms in total. The summed E-state index contributed by atoms with van der Waals surface area (Å²) in [7, 11) is 0. The predicted molar refractivity (Wildman–Crippen MR) is 50.3 cm³/mol. The van der Waals surface area contributed by atoms with Gasteiger partial charge in [-0.05, 0) is 48.6 Å². The first-order valence-corrected chi connectivity index (χ1v) is 4.99. The monoisotopic (exact) mass is 158 g/mol. The predicted octanol–water partition coefficient (Wildman–Crippen LogP) is 3.05. The summed E-state index contributed by atoms with van der Waals surface area (Å²) in [5.41, 5.74) is 3.96. The Kier molecular flexibility index (Phi) is 1.19. The SMILES string of the molecule is c1ccc2c(c1)CCCC21CC1. The molecule has 0 saturated heterocycles. The van der Waals surface area contributed by atoms with Crippen LogP contribution in [-0.4, -0.2) is 0 Å². The van der Waals surface area contributed by atoms with E-state index >= 15 is 0 Å². The van der Waals surface area contributed by atoms with Crippen molar-refractivity contribution in [2.24, 2.45) is 0 Å². The van der Waals surface area contributed by atoms with Gasteiger partial charge in [0.1, 0.15) is 0 Å². The van der Waals surface area contributed by atoms with Crippen LogP contribution in [0.25, 0.3) is 0 Å². The highest BCUT2D eigenvalue weighted by Crippen LogP contribution is 2.55. The fourth-order valence-corrected chi connectivity index (χ4v) is 2.68. The molecule has 0 aliphatic heterocycles. The lowest BCUT2D eigenvalue weighted by Crippen LogP contribution is -2.15. The summed E-state index contributed by atoms with van der Waals surface area (Å²) in [5, 5.41) is 0. The number of hydrogen-bond acceptors (Lipinski definition) is 0. The van der Waals surface area contributed by atoms with E-state index in [1.54, 1.807) is 11.1 Å². The van der Waals surface area contributed by atoms with Gasteiger partial charge in [0.15, 0.2) is 0 Å². The minimum Gasteiger partial charge on any atom is -0.0620 e. The normalized spacial score (nSPS) is 23.7. The number of rotatable bonds is 0. The van der Waals surface area contributed by atoms with Gasteiger partial charge in [-0.25, -0.2) is 0 Å². The Hall–Kier alpha value is -0.780. The van der Waals surface area contributed by atoms with Crippen molar-refractivity contribution in [1.29, 1.82) is 0 Å². The average molecular weight is 158 g/mol. The van der Waals surface area contributed by atoms with Crippen LogP contribution in [0.2, 0.25) is 0 Å². The average Bonchev–Trinajstić information content (AvgIpc) is 2.87. The maximum atomic E-state index is 2.35. The first kappa shape index (κ1) is 6.71. The summed E-state index contributed by atoms with van der Waals surface area (Å²) in [6.45, 7) is 0. The molecular weight excluding hydrogens is 144 g/mol. The van der Waals surface area contributed by atoms with Crippen molar-refractivity contribution >= 4 is 0 Å². The second-order valence-corrected chi connectivity index (χ2v) is 4.29. The maximum Gasteiger partial charge on any atom is -0.00435 e. The van der Waals surface area contributed by atoms with Crippen LogP contribution < -0.4 is 0 Å². The fourth-order valence-electron chi connectivity index (χ4n) is 2.68. The molecule has 0 aromatic heterocycles. The summed E-state index contributed by atoms with van der Waals surface area (Å²) < 4.78 is 0. The summed E-state index contributed by atoms with van der Waals surface area (Å²) >= 11 is 0. The van der Waals surface area contributed by atoms with E-state index in [2.05, 4.69) is 24.3 Å². The van der Waals surface area contributed by atoms with Gasteiger partial charge in [-0.2, -0.15) is 0 Å². The van der Waals surface area contributed by atoms with E-state index in [9.17, 15) is 0 Å². The lowest BCUT2D eigenvalue weighted by Gasteiger charge is -2.24. The molecule has 1 fully saturated rings. The van der Waals surface area contributed by atoms with Gasteiger partial charge in [-0.1, -0.05) is 24.3 Å². The molecule has 0 amide bonds. The highest BCUT2D eigenvalue weighted by molar-refractivity contribution is 5.40. The second-order valence-electron chi connectivity index (χ2n) is 4.29. The molecule has 1 aromatic rings. The molecule has 62 valence electrons. The van der Waals surface area contributed by atoms with E-state index in [-0.39, 0.29) is 0 Å². The Morgan fingerprint density at radius 3 is 2.67 bits per heavy atom. The topological polar surface area (TPSA) is 0 Å². The minimum absolute atomic E-state index is 0.662. The van der Waals surface area contributed by atoms with Gasteiger partial charge >= 0.3 is 0 Å². The zero-order valence-corrected chi connectivity index (χ0v) is 7.34. The molecule has 1 aromatic carbocycles. The molecule has 0 N–H and O–H groups in total. The summed E-state index contributed by atoms with van der Waals surface area (Å²) in [6, 6.07) is 9.04. The molecule has 1 saturated carbocycles. The fraction of sp³-hybridized carbons (Fsp3) is 0.500. The number of benzene rings is 1. The Bertz CT molecular complexity index is 308. The Labute approximate surface area is 73.6 Å². The minimum atomic E-state index is 0.662. The van der Waals surface area contributed by atoms with E-state index in [1.807, 2.05) is 0 Å². The van der Waals surface area contributed by atoms with E-state index in [1.165, 1.54) is 32.1 Å². The van der Waals surface area contributed by atoms with Crippen molar-refractivity contribution in [3.05, 3.63) is 35.4 Å². The van der Waals surface area contributed by atoms with Crippen LogP contribution in [-0.2, 0) is 11.8 Å². The standard InChI is InChI=1S/C12H14/c1-2-6-11-10(4-1)5-3-7-12(11)8-9-12/h1-2,4,6H,3,5,7-9H2. The molecule has 0 unspecified atom stereocenters. The van der Waals surface area contributed by atoms with Crippen molar-refractivity contribution in [3.63, 3.8) is 0 Å². The highest BCUT2D eigenvalue weighted by atomic mass is 14.5. The molecule has 2 aliphatic rings. The lowest BCUT2D eigenvalue weighted by atomic mass is 9.80. The zero-order chi connectivity index (χ0) is 8.02.